The van der Waals surface area contributed by atoms with Gasteiger partial charge in [0, 0.05) is 12.1 Å². The lowest BCUT2D eigenvalue weighted by Gasteiger charge is -2.11. The number of rotatable bonds is 6. The van der Waals surface area contributed by atoms with Crippen molar-refractivity contribution < 1.29 is 19.2 Å². The zero-order valence-electron chi connectivity index (χ0n) is 14.2. The second kappa shape index (κ2) is 7.80. The fraction of sp³-hybridized carbons (Fsp3) is 0.188. The molecule has 0 aliphatic rings. The first-order valence-corrected chi connectivity index (χ1v) is 7.22. The predicted octanol–water partition coefficient (Wildman–Crippen LogP) is 1.89. The average Bonchev–Trinajstić information content (AvgIpc) is 3.00. The third-order valence-electron chi connectivity index (χ3n) is 3.48. The normalized spacial score (nSPS) is 10.8. The second-order valence-corrected chi connectivity index (χ2v) is 4.98. The van der Waals surface area contributed by atoms with Gasteiger partial charge in [0.05, 0.1) is 27.0 Å². The first-order chi connectivity index (χ1) is 12.4. The Labute approximate surface area is 148 Å². The van der Waals surface area contributed by atoms with Crippen LogP contribution in [0.4, 0.5) is 11.5 Å². The van der Waals surface area contributed by atoms with Crippen molar-refractivity contribution in [1.29, 1.82) is 5.26 Å². The van der Waals surface area contributed by atoms with Gasteiger partial charge in [-0.2, -0.15) is 5.26 Å². The van der Waals surface area contributed by atoms with Crippen LogP contribution in [0.1, 0.15) is 5.82 Å². The number of nitrogens with zero attached hydrogens (tertiary/aromatic N) is 4. The van der Waals surface area contributed by atoms with E-state index in [2.05, 4.69) is 10.3 Å². The molecule has 0 bridgehead atoms. The molecule has 1 amide bonds. The first-order valence-electron chi connectivity index (χ1n) is 7.22. The van der Waals surface area contributed by atoms with E-state index in [0.29, 0.717) is 17.2 Å². The summed E-state index contributed by atoms with van der Waals surface area (Å²) >= 11 is 0. The lowest BCUT2D eigenvalue weighted by Crippen LogP contribution is -2.14. The van der Waals surface area contributed by atoms with Gasteiger partial charge in [0.2, 0.25) is 5.82 Å². The maximum Gasteiger partial charge on any atom is 0.342 e. The molecule has 0 aliphatic carbocycles. The molecule has 134 valence electrons. The highest BCUT2D eigenvalue weighted by atomic mass is 16.6. The van der Waals surface area contributed by atoms with Gasteiger partial charge in [0.1, 0.15) is 29.3 Å². The Morgan fingerprint density at radius 2 is 2.15 bits per heavy atom. The summed E-state index contributed by atoms with van der Waals surface area (Å²) in [5.41, 5.74) is 0.0664. The molecule has 2 aromatic rings. The van der Waals surface area contributed by atoms with Crippen LogP contribution >= 0.6 is 0 Å². The number of hydrogen-bond donors (Lipinski definition) is 1. The molecule has 10 nitrogen and oxygen atoms in total. The SMILES string of the molecule is COc1ccc(NC(=O)/C(C#N)=C\c2ncc([N+](=O)[O-])n2C)c(OC)c1. The van der Waals surface area contributed by atoms with E-state index in [9.17, 15) is 20.2 Å². The summed E-state index contributed by atoms with van der Waals surface area (Å²) in [6, 6.07) is 6.52. The highest BCUT2D eigenvalue weighted by Crippen LogP contribution is 2.29. The molecule has 26 heavy (non-hydrogen) atoms. The molecule has 0 radical (unpaired) electrons. The summed E-state index contributed by atoms with van der Waals surface area (Å²) in [6.45, 7) is 0. The number of ether oxygens (including phenoxy) is 2. The van der Waals surface area contributed by atoms with Crippen molar-refractivity contribution in [3.63, 3.8) is 0 Å². The molecule has 0 spiro atoms. The minimum absolute atomic E-state index is 0.102. The minimum Gasteiger partial charge on any atom is -0.497 e. The van der Waals surface area contributed by atoms with Crippen LogP contribution < -0.4 is 14.8 Å². The highest BCUT2D eigenvalue weighted by Gasteiger charge is 2.18. The molecule has 0 unspecified atom stereocenters. The van der Waals surface area contributed by atoms with Crippen molar-refractivity contribution in [3.05, 3.63) is 45.9 Å². The largest absolute Gasteiger partial charge is 0.497 e. The molecule has 1 aromatic carbocycles. The summed E-state index contributed by atoms with van der Waals surface area (Å²) in [4.78, 5) is 26.4. The quantitative estimate of drug-likeness (QED) is 0.361. The van der Waals surface area contributed by atoms with E-state index < -0.39 is 10.8 Å². The molecule has 1 aromatic heterocycles. The third kappa shape index (κ3) is 3.78. The van der Waals surface area contributed by atoms with Gasteiger partial charge in [-0.25, -0.2) is 9.55 Å². The number of amides is 1. The van der Waals surface area contributed by atoms with Crippen molar-refractivity contribution in [1.82, 2.24) is 9.55 Å². The molecule has 1 N–H and O–H groups in total. The zero-order valence-corrected chi connectivity index (χ0v) is 14.2. The summed E-state index contributed by atoms with van der Waals surface area (Å²) in [6.07, 6.45) is 2.21. The summed E-state index contributed by atoms with van der Waals surface area (Å²) in [5.74, 6) is 0.0244. The Bertz CT molecular complexity index is 926. The van der Waals surface area contributed by atoms with Gasteiger partial charge in [0.25, 0.3) is 5.91 Å². The number of hydrogen-bond acceptors (Lipinski definition) is 7. The van der Waals surface area contributed by atoms with E-state index >= 15 is 0 Å². The van der Waals surface area contributed by atoms with Crippen molar-refractivity contribution in [2.75, 3.05) is 19.5 Å². The van der Waals surface area contributed by atoms with Gasteiger partial charge in [0.15, 0.2) is 0 Å². The zero-order chi connectivity index (χ0) is 19.3. The van der Waals surface area contributed by atoms with Crippen LogP contribution in [0.5, 0.6) is 11.5 Å². The highest BCUT2D eigenvalue weighted by molar-refractivity contribution is 6.10. The van der Waals surface area contributed by atoms with Gasteiger partial charge < -0.3 is 24.9 Å². The smallest absolute Gasteiger partial charge is 0.342 e. The predicted molar refractivity (Wildman–Crippen MR) is 91.6 cm³/mol. The van der Waals surface area contributed by atoms with Gasteiger partial charge in [-0.3, -0.25) is 4.79 Å². The fourth-order valence-corrected chi connectivity index (χ4v) is 2.09. The van der Waals surface area contributed by atoms with E-state index in [0.717, 1.165) is 6.20 Å². The maximum absolute atomic E-state index is 12.4. The monoisotopic (exact) mass is 357 g/mol. The molecular formula is C16H15N5O5. The summed E-state index contributed by atoms with van der Waals surface area (Å²) in [5, 5.41) is 22.6. The van der Waals surface area contributed by atoms with Crippen LogP contribution in [0.15, 0.2) is 30.0 Å². The topological polar surface area (TPSA) is 132 Å². The van der Waals surface area contributed by atoms with Gasteiger partial charge in [-0.15, -0.1) is 0 Å². The Hall–Kier alpha value is -3.87. The van der Waals surface area contributed by atoms with E-state index in [-0.39, 0.29) is 17.2 Å². The molecule has 2 rings (SSSR count). The number of nitriles is 1. The first kappa shape index (κ1) is 18.5. The number of methoxy groups -OCH3 is 2. The molecule has 0 aliphatic heterocycles. The van der Waals surface area contributed by atoms with Crippen LogP contribution in [0.3, 0.4) is 0 Å². The minimum atomic E-state index is -0.707. The van der Waals surface area contributed by atoms with E-state index in [1.165, 1.54) is 31.9 Å². The standard InChI is InChI=1S/C16H15N5O5/c1-20-14(18-9-15(20)21(23)24)6-10(8-17)16(22)19-12-5-4-11(25-2)7-13(12)26-3/h4-7,9H,1-3H3,(H,19,22)/b10-6-. The van der Waals surface area contributed by atoms with E-state index in [1.807, 2.05) is 0 Å². The third-order valence-corrected chi connectivity index (χ3v) is 3.48. The lowest BCUT2D eigenvalue weighted by molar-refractivity contribution is -0.391. The Morgan fingerprint density at radius 3 is 2.69 bits per heavy atom. The lowest BCUT2D eigenvalue weighted by atomic mass is 10.2. The Balaban J connectivity index is 2.30. The number of anilines is 1. The molecular weight excluding hydrogens is 342 g/mol. The van der Waals surface area contributed by atoms with Crippen molar-refractivity contribution in [2.45, 2.75) is 0 Å². The number of aromatic nitrogens is 2. The van der Waals surface area contributed by atoms with E-state index in [1.54, 1.807) is 24.3 Å². The number of carbonyl (C=O) groups excluding carboxylic acids is 1. The average molecular weight is 357 g/mol. The number of benzene rings is 1. The van der Waals surface area contributed by atoms with Crippen LogP contribution in [-0.4, -0.2) is 34.6 Å². The molecule has 1 heterocycles. The molecule has 0 saturated carbocycles. The van der Waals surface area contributed by atoms with Gasteiger partial charge >= 0.3 is 5.82 Å². The summed E-state index contributed by atoms with van der Waals surface area (Å²) in [7, 11) is 4.34. The second-order valence-electron chi connectivity index (χ2n) is 4.98. The molecule has 0 saturated heterocycles. The number of nitro groups is 1. The van der Waals surface area contributed by atoms with Crippen LogP contribution in [-0.2, 0) is 11.8 Å². The number of carbonyl (C=O) groups is 1. The van der Waals surface area contributed by atoms with Crippen molar-refractivity contribution >= 4 is 23.5 Å². The van der Waals surface area contributed by atoms with Gasteiger partial charge in [-0.05, 0) is 17.1 Å². The summed E-state index contributed by atoms with van der Waals surface area (Å²) < 4.78 is 11.4. The maximum atomic E-state index is 12.4. The molecule has 0 atom stereocenters. The molecule has 0 fully saturated rings. The van der Waals surface area contributed by atoms with E-state index in [4.69, 9.17) is 9.47 Å². The number of nitrogens with one attached hydrogen (secondary N) is 1. The fourth-order valence-electron chi connectivity index (χ4n) is 2.09. The van der Waals surface area contributed by atoms with Crippen molar-refractivity contribution in [2.24, 2.45) is 7.05 Å². The molecule has 10 heteroatoms. The Morgan fingerprint density at radius 1 is 1.42 bits per heavy atom. The van der Waals surface area contributed by atoms with Crippen molar-refractivity contribution in [3.8, 4) is 17.6 Å². The van der Waals surface area contributed by atoms with Crippen LogP contribution in [0, 0.1) is 21.4 Å². The number of imidazole rings is 1. The van der Waals surface area contributed by atoms with Gasteiger partial charge in [-0.1, -0.05) is 0 Å². The van der Waals surface area contributed by atoms with Crippen LogP contribution in [0.2, 0.25) is 0 Å². The Kier molecular flexibility index (Phi) is 5.54. The van der Waals surface area contributed by atoms with Crippen LogP contribution in [0.25, 0.3) is 6.08 Å².